The number of benzene rings is 1. The van der Waals surface area contributed by atoms with Gasteiger partial charge in [-0.25, -0.2) is 0 Å². The quantitative estimate of drug-likeness (QED) is 0.924. The molecule has 1 N–H and O–H groups in total. The topological polar surface area (TPSA) is 62.1 Å². The summed E-state index contributed by atoms with van der Waals surface area (Å²) >= 11 is 6.11. The molecule has 1 amide bonds. The third-order valence-electron chi connectivity index (χ3n) is 3.44. The maximum Gasteiger partial charge on any atom is 0.227 e. The molecule has 1 aromatic rings. The van der Waals surface area contributed by atoms with Gasteiger partial charge >= 0.3 is 0 Å². The Bertz CT molecular complexity index is 564. The minimum absolute atomic E-state index is 0.0669. The number of nitrogens with zero attached hydrogens (tertiary/aromatic N) is 1. The van der Waals surface area contributed by atoms with Crippen LogP contribution in [0.5, 0.6) is 5.75 Å². The van der Waals surface area contributed by atoms with Crippen molar-refractivity contribution >= 4 is 23.2 Å². The van der Waals surface area contributed by atoms with Crippen LogP contribution >= 0.6 is 11.6 Å². The highest BCUT2D eigenvalue weighted by atomic mass is 35.5. The maximum absolute atomic E-state index is 12.0. The molecule has 1 atom stereocenters. The molecule has 0 spiro atoms. The standard InChI is InChI=1S/C14H15ClN2O2/c1-8-6-11(15)13(19-2)12-10(8)7-9(4-3-5-16)14(18)17-12/h6,9H,3-4,7H2,1-2H3,(H,17,18). The molecule has 5 heteroatoms. The Kier molecular flexibility index (Phi) is 3.96. The van der Waals surface area contributed by atoms with Crippen molar-refractivity contribution in [2.75, 3.05) is 12.4 Å². The van der Waals surface area contributed by atoms with Gasteiger partial charge in [0.2, 0.25) is 5.91 Å². The molecule has 0 saturated heterocycles. The van der Waals surface area contributed by atoms with E-state index >= 15 is 0 Å². The molecule has 0 saturated carbocycles. The van der Waals surface area contributed by atoms with Crippen molar-refractivity contribution in [2.45, 2.75) is 26.2 Å². The number of anilines is 1. The van der Waals surface area contributed by atoms with Crippen LogP contribution in [0.3, 0.4) is 0 Å². The predicted molar refractivity (Wildman–Crippen MR) is 73.4 cm³/mol. The number of rotatable bonds is 3. The second-order valence-corrected chi connectivity index (χ2v) is 5.06. The molecule has 100 valence electrons. The number of hydrogen-bond acceptors (Lipinski definition) is 3. The predicted octanol–water partition coefficient (Wildman–Crippen LogP) is 3.07. The number of carbonyl (C=O) groups excluding carboxylic acids is 1. The summed E-state index contributed by atoms with van der Waals surface area (Å²) in [5.41, 5.74) is 2.75. The molecule has 1 aliphatic rings. The molecule has 4 nitrogen and oxygen atoms in total. The first-order valence-electron chi connectivity index (χ1n) is 6.12. The first kappa shape index (κ1) is 13.7. The van der Waals surface area contributed by atoms with E-state index in [1.165, 1.54) is 7.11 Å². The van der Waals surface area contributed by atoms with Crippen molar-refractivity contribution in [3.05, 3.63) is 22.2 Å². The number of methoxy groups -OCH3 is 1. The second-order valence-electron chi connectivity index (χ2n) is 4.65. The number of ether oxygens (including phenoxy) is 1. The second kappa shape index (κ2) is 5.50. The van der Waals surface area contributed by atoms with Crippen molar-refractivity contribution in [2.24, 2.45) is 5.92 Å². The molecule has 0 fully saturated rings. The Balaban J connectivity index is 2.40. The van der Waals surface area contributed by atoms with Crippen LogP contribution in [0.4, 0.5) is 5.69 Å². The molecule has 0 aromatic heterocycles. The number of nitriles is 1. The van der Waals surface area contributed by atoms with Crippen LogP contribution in [0, 0.1) is 24.2 Å². The third-order valence-corrected chi connectivity index (χ3v) is 3.72. The van der Waals surface area contributed by atoms with Gasteiger partial charge in [-0.15, -0.1) is 0 Å². The van der Waals surface area contributed by atoms with Crippen LogP contribution in [0.15, 0.2) is 6.07 Å². The molecule has 2 rings (SSSR count). The lowest BCUT2D eigenvalue weighted by Gasteiger charge is -2.27. The summed E-state index contributed by atoms with van der Waals surface area (Å²) in [6.07, 6.45) is 1.59. The number of amides is 1. The van der Waals surface area contributed by atoms with Crippen LogP contribution in [-0.4, -0.2) is 13.0 Å². The first-order chi connectivity index (χ1) is 9.08. The Morgan fingerprint density at radius 2 is 2.37 bits per heavy atom. The number of fused-ring (bicyclic) bond motifs is 1. The average Bonchev–Trinajstić information content (AvgIpc) is 2.37. The summed E-state index contributed by atoms with van der Waals surface area (Å²) in [6, 6.07) is 3.93. The minimum atomic E-state index is -0.156. The molecule has 1 heterocycles. The molecular weight excluding hydrogens is 264 g/mol. The Morgan fingerprint density at radius 3 is 3.00 bits per heavy atom. The number of nitrogens with one attached hydrogen (secondary N) is 1. The molecular formula is C14H15ClN2O2. The Hall–Kier alpha value is -1.73. The Morgan fingerprint density at radius 1 is 1.63 bits per heavy atom. The van der Waals surface area contributed by atoms with E-state index in [0.717, 1.165) is 11.1 Å². The van der Waals surface area contributed by atoms with Crippen molar-refractivity contribution in [1.29, 1.82) is 5.26 Å². The largest absolute Gasteiger partial charge is 0.493 e. The Labute approximate surface area is 117 Å². The lowest BCUT2D eigenvalue weighted by atomic mass is 9.87. The van der Waals surface area contributed by atoms with Gasteiger partial charge in [0.1, 0.15) is 0 Å². The van der Waals surface area contributed by atoms with Crippen molar-refractivity contribution < 1.29 is 9.53 Å². The van der Waals surface area contributed by atoms with E-state index in [2.05, 4.69) is 11.4 Å². The van der Waals surface area contributed by atoms with E-state index in [0.29, 0.717) is 35.7 Å². The van der Waals surface area contributed by atoms with Gasteiger partial charge in [-0.05, 0) is 37.0 Å². The van der Waals surface area contributed by atoms with Gasteiger partial charge in [0, 0.05) is 12.3 Å². The van der Waals surface area contributed by atoms with E-state index in [1.54, 1.807) is 0 Å². The zero-order chi connectivity index (χ0) is 14.0. The van der Waals surface area contributed by atoms with Gasteiger partial charge in [0.15, 0.2) is 5.75 Å². The molecule has 0 bridgehead atoms. The van der Waals surface area contributed by atoms with Crippen LogP contribution in [-0.2, 0) is 11.2 Å². The SMILES string of the molecule is COc1c(Cl)cc(C)c2c1NC(=O)C(CCC#N)C2. The smallest absolute Gasteiger partial charge is 0.227 e. The summed E-state index contributed by atoms with van der Waals surface area (Å²) in [4.78, 5) is 12.0. The summed E-state index contributed by atoms with van der Waals surface area (Å²) < 4.78 is 5.26. The lowest BCUT2D eigenvalue weighted by Crippen LogP contribution is -2.30. The third kappa shape index (κ3) is 2.52. The maximum atomic E-state index is 12.0. The fourth-order valence-corrected chi connectivity index (χ4v) is 2.76. The monoisotopic (exact) mass is 278 g/mol. The van der Waals surface area contributed by atoms with Crippen molar-refractivity contribution in [3.8, 4) is 11.8 Å². The van der Waals surface area contributed by atoms with Gasteiger partial charge in [0.05, 0.1) is 23.9 Å². The van der Waals surface area contributed by atoms with Crippen LogP contribution in [0.1, 0.15) is 24.0 Å². The fourth-order valence-electron chi connectivity index (χ4n) is 2.43. The number of aryl methyl sites for hydroxylation is 1. The number of halogens is 1. The van der Waals surface area contributed by atoms with Crippen molar-refractivity contribution in [3.63, 3.8) is 0 Å². The molecule has 0 radical (unpaired) electrons. The zero-order valence-electron chi connectivity index (χ0n) is 10.9. The molecule has 19 heavy (non-hydrogen) atoms. The van der Waals surface area contributed by atoms with E-state index in [4.69, 9.17) is 21.6 Å². The molecule has 1 unspecified atom stereocenters. The van der Waals surface area contributed by atoms with E-state index < -0.39 is 0 Å². The molecule has 0 aliphatic carbocycles. The summed E-state index contributed by atoms with van der Waals surface area (Å²) in [6.45, 7) is 1.96. The number of hydrogen-bond donors (Lipinski definition) is 1. The van der Waals surface area contributed by atoms with Crippen molar-refractivity contribution in [1.82, 2.24) is 0 Å². The van der Waals surface area contributed by atoms with Gasteiger partial charge in [-0.1, -0.05) is 11.6 Å². The van der Waals surface area contributed by atoms with E-state index in [1.807, 2.05) is 13.0 Å². The highest BCUT2D eigenvalue weighted by Crippen LogP contribution is 2.42. The van der Waals surface area contributed by atoms with Crippen LogP contribution in [0.2, 0.25) is 5.02 Å². The minimum Gasteiger partial charge on any atom is -0.493 e. The summed E-state index contributed by atoms with van der Waals surface area (Å²) in [7, 11) is 1.53. The van der Waals surface area contributed by atoms with Gasteiger partial charge in [-0.3, -0.25) is 4.79 Å². The summed E-state index contributed by atoms with van der Waals surface area (Å²) in [5.74, 6) is 0.286. The average molecular weight is 279 g/mol. The first-order valence-corrected chi connectivity index (χ1v) is 6.50. The lowest BCUT2D eigenvalue weighted by molar-refractivity contribution is -0.120. The van der Waals surface area contributed by atoms with E-state index in [9.17, 15) is 4.79 Å². The zero-order valence-corrected chi connectivity index (χ0v) is 11.7. The highest BCUT2D eigenvalue weighted by Gasteiger charge is 2.30. The molecule has 1 aliphatic heterocycles. The highest BCUT2D eigenvalue weighted by molar-refractivity contribution is 6.33. The fraction of sp³-hybridized carbons (Fsp3) is 0.429. The van der Waals surface area contributed by atoms with Gasteiger partial charge < -0.3 is 10.1 Å². The van der Waals surface area contributed by atoms with Gasteiger partial charge in [0.25, 0.3) is 0 Å². The van der Waals surface area contributed by atoms with Gasteiger partial charge in [-0.2, -0.15) is 5.26 Å². The van der Waals surface area contributed by atoms with Crippen LogP contribution < -0.4 is 10.1 Å². The summed E-state index contributed by atoms with van der Waals surface area (Å²) in [5, 5.41) is 12.0. The normalized spacial score (nSPS) is 17.4. The van der Waals surface area contributed by atoms with Crippen LogP contribution in [0.25, 0.3) is 0 Å². The molecule has 1 aromatic carbocycles. The van der Waals surface area contributed by atoms with E-state index in [-0.39, 0.29) is 11.8 Å². The number of carbonyl (C=O) groups is 1.